The summed E-state index contributed by atoms with van der Waals surface area (Å²) in [4.78, 5) is 0.412. The van der Waals surface area contributed by atoms with Gasteiger partial charge in [0.15, 0.2) is 0 Å². The molecule has 1 heterocycles. The van der Waals surface area contributed by atoms with Gasteiger partial charge in [0, 0.05) is 11.4 Å². The van der Waals surface area contributed by atoms with E-state index in [0.717, 1.165) is 13.0 Å². The molecule has 0 amide bonds. The van der Waals surface area contributed by atoms with E-state index in [0.29, 0.717) is 10.9 Å². The molecule has 0 radical (unpaired) electrons. The Hall–Kier alpha value is -0.340. The molecule has 2 atom stereocenters. The zero-order valence-electron chi connectivity index (χ0n) is 11.6. The smallest absolute Gasteiger partial charge is 0.0589 e. The molecule has 0 N–H and O–H groups in total. The standard InChI is InChI=1S/C16H23BrO/c1-16(2,3)13-8-6-12(7-9-13)15(17)11-14-5-4-10-18-14/h6-9,14-15H,4-5,10-11H2,1-3H3. The van der Waals surface area contributed by atoms with Gasteiger partial charge in [0.1, 0.15) is 0 Å². The van der Waals surface area contributed by atoms with Crippen LogP contribution in [-0.2, 0) is 10.2 Å². The van der Waals surface area contributed by atoms with Gasteiger partial charge < -0.3 is 4.74 Å². The van der Waals surface area contributed by atoms with Gasteiger partial charge in [-0.15, -0.1) is 0 Å². The van der Waals surface area contributed by atoms with Crippen molar-refractivity contribution in [2.24, 2.45) is 0 Å². The third-order valence-electron chi connectivity index (χ3n) is 3.63. The van der Waals surface area contributed by atoms with Crippen LogP contribution >= 0.6 is 15.9 Å². The molecule has 1 nitrogen and oxygen atoms in total. The minimum atomic E-state index is 0.231. The molecule has 0 bridgehead atoms. The SMILES string of the molecule is CC(C)(C)c1ccc(C(Br)CC2CCCO2)cc1. The van der Waals surface area contributed by atoms with E-state index in [9.17, 15) is 0 Å². The highest BCUT2D eigenvalue weighted by molar-refractivity contribution is 9.09. The van der Waals surface area contributed by atoms with E-state index in [1.165, 1.54) is 24.0 Å². The first kappa shape index (κ1) is 14.1. The van der Waals surface area contributed by atoms with Crippen LogP contribution in [0.2, 0.25) is 0 Å². The Labute approximate surface area is 119 Å². The average Bonchev–Trinajstić information content (AvgIpc) is 2.81. The molecule has 0 saturated carbocycles. The first-order valence-electron chi connectivity index (χ1n) is 6.83. The molecule has 2 unspecified atom stereocenters. The van der Waals surface area contributed by atoms with Crippen molar-refractivity contribution in [2.75, 3.05) is 6.61 Å². The lowest BCUT2D eigenvalue weighted by Gasteiger charge is -2.20. The first-order chi connectivity index (χ1) is 8.47. The second kappa shape index (κ2) is 5.75. The van der Waals surface area contributed by atoms with Gasteiger partial charge in [0.05, 0.1) is 6.10 Å². The van der Waals surface area contributed by atoms with Gasteiger partial charge in [-0.05, 0) is 35.8 Å². The molecule has 0 spiro atoms. The summed E-state index contributed by atoms with van der Waals surface area (Å²) in [6, 6.07) is 8.99. The summed E-state index contributed by atoms with van der Waals surface area (Å²) in [7, 11) is 0. The molecule has 2 heteroatoms. The Balaban J connectivity index is 2.00. The molecule has 1 aliphatic heterocycles. The summed E-state index contributed by atoms with van der Waals surface area (Å²) in [5.74, 6) is 0. The maximum Gasteiger partial charge on any atom is 0.0589 e. The maximum absolute atomic E-state index is 5.69. The normalized spacial score (nSPS) is 22.1. The van der Waals surface area contributed by atoms with Crippen LogP contribution < -0.4 is 0 Å². The van der Waals surface area contributed by atoms with Gasteiger partial charge in [-0.25, -0.2) is 0 Å². The lowest BCUT2D eigenvalue weighted by Crippen LogP contribution is -2.11. The molecule has 100 valence electrons. The number of hydrogen-bond donors (Lipinski definition) is 0. The number of halogens is 1. The summed E-state index contributed by atoms with van der Waals surface area (Å²) in [6.45, 7) is 7.69. The molecular weight excluding hydrogens is 288 g/mol. The highest BCUT2D eigenvalue weighted by Gasteiger charge is 2.20. The fourth-order valence-corrected chi connectivity index (χ4v) is 3.11. The molecule has 1 aliphatic rings. The third kappa shape index (κ3) is 3.58. The van der Waals surface area contributed by atoms with E-state index in [-0.39, 0.29) is 5.41 Å². The van der Waals surface area contributed by atoms with E-state index < -0.39 is 0 Å². The second-order valence-corrected chi connectivity index (χ2v) is 7.32. The van der Waals surface area contributed by atoms with Crippen molar-refractivity contribution in [3.63, 3.8) is 0 Å². The molecule has 1 saturated heterocycles. The lowest BCUT2D eigenvalue weighted by molar-refractivity contribution is 0.104. The zero-order valence-corrected chi connectivity index (χ0v) is 13.2. The zero-order chi connectivity index (χ0) is 13.2. The molecule has 2 rings (SSSR count). The average molecular weight is 311 g/mol. The summed E-state index contributed by atoms with van der Waals surface area (Å²) >= 11 is 3.79. The Morgan fingerprint density at radius 3 is 2.44 bits per heavy atom. The fourth-order valence-electron chi connectivity index (χ4n) is 2.39. The monoisotopic (exact) mass is 310 g/mol. The Bertz CT molecular complexity index is 371. The first-order valence-corrected chi connectivity index (χ1v) is 7.74. The van der Waals surface area contributed by atoms with Crippen LogP contribution in [0.5, 0.6) is 0 Å². The number of alkyl halides is 1. The van der Waals surface area contributed by atoms with Crippen LogP contribution in [0.1, 0.15) is 56.0 Å². The van der Waals surface area contributed by atoms with Crippen molar-refractivity contribution in [3.05, 3.63) is 35.4 Å². The number of ether oxygens (including phenoxy) is 1. The summed E-state index contributed by atoms with van der Waals surface area (Å²) in [6.07, 6.45) is 3.95. The Morgan fingerprint density at radius 2 is 1.94 bits per heavy atom. The fraction of sp³-hybridized carbons (Fsp3) is 0.625. The predicted molar refractivity (Wildman–Crippen MR) is 80.4 cm³/mol. The Morgan fingerprint density at radius 1 is 1.28 bits per heavy atom. The van der Waals surface area contributed by atoms with Gasteiger partial charge >= 0.3 is 0 Å². The summed E-state index contributed by atoms with van der Waals surface area (Å²) in [5, 5.41) is 0. The largest absolute Gasteiger partial charge is 0.378 e. The highest BCUT2D eigenvalue weighted by Crippen LogP contribution is 2.33. The van der Waals surface area contributed by atoms with E-state index >= 15 is 0 Å². The topological polar surface area (TPSA) is 9.23 Å². The van der Waals surface area contributed by atoms with Gasteiger partial charge in [0.25, 0.3) is 0 Å². The minimum absolute atomic E-state index is 0.231. The number of rotatable bonds is 3. The summed E-state index contributed by atoms with van der Waals surface area (Å²) < 4.78 is 5.69. The molecule has 18 heavy (non-hydrogen) atoms. The van der Waals surface area contributed by atoms with Gasteiger partial charge in [-0.3, -0.25) is 0 Å². The number of benzene rings is 1. The molecule has 1 aromatic carbocycles. The van der Waals surface area contributed by atoms with E-state index in [1.54, 1.807) is 0 Å². The van der Waals surface area contributed by atoms with Crippen LogP contribution in [0, 0.1) is 0 Å². The van der Waals surface area contributed by atoms with Crippen molar-refractivity contribution in [1.29, 1.82) is 0 Å². The van der Waals surface area contributed by atoms with Crippen molar-refractivity contribution in [1.82, 2.24) is 0 Å². The van der Waals surface area contributed by atoms with Crippen molar-refractivity contribution in [3.8, 4) is 0 Å². The summed E-state index contributed by atoms with van der Waals surface area (Å²) in [5.41, 5.74) is 2.98. The van der Waals surface area contributed by atoms with Crippen LogP contribution in [0.3, 0.4) is 0 Å². The van der Waals surface area contributed by atoms with Crippen molar-refractivity contribution < 1.29 is 4.74 Å². The van der Waals surface area contributed by atoms with Crippen LogP contribution in [0.25, 0.3) is 0 Å². The van der Waals surface area contributed by atoms with Gasteiger partial charge in [0.2, 0.25) is 0 Å². The highest BCUT2D eigenvalue weighted by atomic mass is 79.9. The van der Waals surface area contributed by atoms with Crippen LogP contribution in [0.15, 0.2) is 24.3 Å². The van der Waals surface area contributed by atoms with Crippen molar-refractivity contribution >= 4 is 15.9 Å². The van der Waals surface area contributed by atoms with Crippen LogP contribution in [-0.4, -0.2) is 12.7 Å². The van der Waals surface area contributed by atoms with E-state index in [1.807, 2.05) is 0 Å². The van der Waals surface area contributed by atoms with Gasteiger partial charge in [-0.1, -0.05) is 61.0 Å². The third-order valence-corrected chi connectivity index (χ3v) is 4.53. The van der Waals surface area contributed by atoms with E-state index in [4.69, 9.17) is 4.74 Å². The predicted octanol–water partition coefficient (Wildman–Crippen LogP) is 4.99. The number of hydrogen-bond acceptors (Lipinski definition) is 1. The van der Waals surface area contributed by atoms with Gasteiger partial charge in [-0.2, -0.15) is 0 Å². The molecule has 0 aliphatic carbocycles. The van der Waals surface area contributed by atoms with E-state index in [2.05, 4.69) is 61.0 Å². The van der Waals surface area contributed by atoms with Crippen LogP contribution in [0.4, 0.5) is 0 Å². The molecule has 0 aromatic heterocycles. The molecule has 1 fully saturated rings. The second-order valence-electron chi connectivity index (χ2n) is 6.21. The van der Waals surface area contributed by atoms with Crippen molar-refractivity contribution in [2.45, 2.75) is 56.4 Å². The minimum Gasteiger partial charge on any atom is -0.378 e. The quantitative estimate of drug-likeness (QED) is 0.715. The Kier molecular flexibility index (Phi) is 4.50. The maximum atomic E-state index is 5.69. The lowest BCUT2D eigenvalue weighted by atomic mass is 9.86. The molecular formula is C16H23BrO. The molecule has 1 aromatic rings.